The van der Waals surface area contributed by atoms with E-state index in [1.807, 2.05) is 0 Å². The lowest BCUT2D eigenvalue weighted by Gasteiger charge is -2.26. The van der Waals surface area contributed by atoms with Crippen LogP contribution >= 0.6 is 11.6 Å². The highest BCUT2D eigenvalue weighted by atomic mass is 35.5. The van der Waals surface area contributed by atoms with E-state index in [0.29, 0.717) is 16.3 Å². The van der Waals surface area contributed by atoms with E-state index in [1.54, 1.807) is 68.4 Å². The van der Waals surface area contributed by atoms with Crippen molar-refractivity contribution < 1.29 is 19.1 Å². The number of hydrogen-bond acceptors (Lipinski definition) is 4. The lowest BCUT2D eigenvalue weighted by molar-refractivity contribution is -0.168. The van der Waals surface area contributed by atoms with Gasteiger partial charge in [0.05, 0.1) is 0 Å². The minimum absolute atomic E-state index is 0.455. The van der Waals surface area contributed by atoms with Gasteiger partial charge < -0.3 is 15.2 Å². The number of hydrogen-bond donors (Lipinski definition) is 1. The Morgan fingerprint density at radius 2 is 1.62 bits per heavy atom. The van der Waals surface area contributed by atoms with Crippen LogP contribution in [0.3, 0.4) is 0 Å². The summed E-state index contributed by atoms with van der Waals surface area (Å²) >= 11 is 5.82. The van der Waals surface area contributed by atoms with Crippen LogP contribution in [0.15, 0.2) is 54.6 Å². The van der Waals surface area contributed by atoms with E-state index in [-0.39, 0.29) is 0 Å². The summed E-state index contributed by atoms with van der Waals surface area (Å²) in [5, 5.41) is 0.556. The van der Waals surface area contributed by atoms with Crippen molar-refractivity contribution in [3.8, 4) is 5.75 Å². The van der Waals surface area contributed by atoms with E-state index >= 15 is 0 Å². The van der Waals surface area contributed by atoms with Crippen molar-refractivity contribution in [1.82, 2.24) is 0 Å². The number of carbonyl (C=O) groups excluding carboxylic acids is 2. The standard InChI is InChI=1S/C18H18ClNO4/c1-18(2,24-14-10-8-13(19)9-11-14)17(22)23-15(16(20)21)12-6-4-3-5-7-12/h3-11,15H,1-2H3,(H2,20,21). The lowest BCUT2D eigenvalue weighted by atomic mass is 10.1. The van der Waals surface area contributed by atoms with E-state index in [2.05, 4.69) is 0 Å². The van der Waals surface area contributed by atoms with Gasteiger partial charge in [0.15, 0.2) is 5.60 Å². The van der Waals surface area contributed by atoms with Gasteiger partial charge in [-0.1, -0.05) is 41.9 Å². The molecule has 0 spiro atoms. The molecule has 1 atom stereocenters. The second-order valence-corrected chi connectivity index (χ2v) is 6.10. The fourth-order valence-corrected chi connectivity index (χ4v) is 2.13. The zero-order chi connectivity index (χ0) is 17.7. The van der Waals surface area contributed by atoms with Gasteiger partial charge >= 0.3 is 5.97 Å². The number of ether oxygens (including phenoxy) is 2. The molecule has 0 radical (unpaired) electrons. The van der Waals surface area contributed by atoms with Crippen LogP contribution in [0.25, 0.3) is 0 Å². The molecule has 0 aliphatic heterocycles. The summed E-state index contributed by atoms with van der Waals surface area (Å²) < 4.78 is 10.9. The van der Waals surface area contributed by atoms with Gasteiger partial charge in [0, 0.05) is 10.6 Å². The van der Waals surface area contributed by atoms with Crippen LogP contribution in [0.4, 0.5) is 0 Å². The number of carbonyl (C=O) groups is 2. The largest absolute Gasteiger partial charge is 0.476 e. The third-order valence-electron chi connectivity index (χ3n) is 3.26. The summed E-state index contributed by atoms with van der Waals surface area (Å²) in [5.74, 6) is -1.00. The maximum Gasteiger partial charge on any atom is 0.351 e. The minimum Gasteiger partial charge on any atom is -0.476 e. The van der Waals surface area contributed by atoms with Crippen molar-refractivity contribution >= 4 is 23.5 Å². The Kier molecular flexibility index (Phi) is 5.46. The Balaban J connectivity index is 2.13. The van der Waals surface area contributed by atoms with Gasteiger partial charge in [0.1, 0.15) is 5.75 Å². The molecule has 0 aliphatic rings. The average Bonchev–Trinajstić information content (AvgIpc) is 2.54. The first-order valence-electron chi connectivity index (χ1n) is 7.29. The quantitative estimate of drug-likeness (QED) is 0.813. The number of esters is 1. The molecule has 0 bridgehead atoms. The predicted molar refractivity (Wildman–Crippen MR) is 90.6 cm³/mol. The highest BCUT2D eigenvalue weighted by Gasteiger charge is 2.35. The van der Waals surface area contributed by atoms with E-state index in [9.17, 15) is 9.59 Å². The lowest BCUT2D eigenvalue weighted by Crippen LogP contribution is -2.42. The van der Waals surface area contributed by atoms with Crippen LogP contribution in [0.2, 0.25) is 5.02 Å². The van der Waals surface area contributed by atoms with E-state index in [1.165, 1.54) is 0 Å². The van der Waals surface area contributed by atoms with Crippen molar-refractivity contribution in [2.45, 2.75) is 25.6 Å². The van der Waals surface area contributed by atoms with Crippen LogP contribution in [0.5, 0.6) is 5.75 Å². The Bertz CT molecular complexity index is 714. The van der Waals surface area contributed by atoms with Gasteiger partial charge in [-0.05, 0) is 38.1 Å². The first-order chi connectivity index (χ1) is 11.3. The normalized spacial score (nSPS) is 12.3. The number of nitrogens with two attached hydrogens (primary N) is 1. The summed E-state index contributed by atoms with van der Waals surface area (Å²) in [4.78, 5) is 24.1. The summed E-state index contributed by atoms with van der Waals surface area (Å²) in [6.45, 7) is 3.10. The molecule has 24 heavy (non-hydrogen) atoms. The van der Waals surface area contributed by atoms with Crippen molar-refractivity contribution in [2.75, 3.05) is 0 Å². The summed E-state index contributed by atoms with van der Waals surface area (Å²) in [6.07, 6.45) is -1.17. The first kappa shape index (κ1) is 17.8. The highest BCUT2D eigenvalue weighted by Crippen LogP contribution is 2.25. The second kappa shape index (κ2) is 7.36. The average molecular weight is 348 g/mol. The summed E-state index contributed by atoms with van der Waals surface area (Å²) in [6, 6.07) is 15.1. The number of amides is 1. The molecule has 0 heterocycles. The molecule has 2 aromatic rings. The van der Waals surface area contributed by atoms with Crippen LogP contribution in [0.1, 0.15) is 25.5 Å². The smallest absolute Gasteiger partial charge is 0.351 e. The molecule has 1 amide bonds. The first-order valence-corrected chi connectivity index (χ1v) is 7.67. The molecule has 5 nitrogen and oxygen atoms in total. The Morgan fingerprint density at radius 3 is 2.17 bits per heavy atom. The van der Waals surface area contributed by atoms with Crippen LogP contribution in [-0.2, 0) is 14.3 Å². The van der Waals surface area contributed by atoms with Crippen LogP contribution in [-0.4, -0.2) is 17.5 Å². The van der Waals surface area contributed by atoms with Gasteiger partial charge in [0.2, 0.25) is 6.10 Å². The maximum atomic E-state index is 12.4. The predicted octanol–water partition coefficient (Wildman–Crippen LogP) is 3.27. The van der Waals surface area contributed by atoms with Crippen molar-refractivity contribution in [3.63, 3.8) is 0 Å². The Morgan fingerprint density at radius 1 is 1.04 bits per heavy atom. The molecule has 6 heteroatoms. The zero-order valence-electron chi connectivity index (χ0n) is 13.4. The number of halogens is 1. The molecule has 0 fully saturated rings. The fourth-order valence-electron chi connectivity index (χ4n) is 2.01. The summed E-state index contributed by atoms with van der Waals surface area (Å²) in [7, 11) is 0. The number of rotatable bonds is 6. The van der Waals surface area contributed by atoms with Gasteiger partial charge in [-0.25, -0.2) is 4.79 Å². The van der Waals surface area contributed by atoms with E-state index in [4.69, 9.17) is 26.8 Å². The molecule has 0 aliphatic carbocycles. The SMILES string of the molecule is CC(C)(Oc1ccc(Cl)cc1)C(=O)OC(C(N)=O)c1ccccc1. The van der Waals surface area contributed by atoms with Crippen molar-refractivity contribution in [3.05, 3.63) is 65.2 Å². The molecule has 1 unspecified atom stereocenters. The van der Waals surface area contributed by atoms with Crippen molar-refractivity contribution in [1.29, 1.82) is 0 Å². The summed E-state index contributed by atoms with van der Waals surface area (Å²) in [5.41, 5.74) is 4.55. The van der Waals surface area contributed by atoms with E-state index in [0.717, 1.165) is 0 Å². The van der Waals surface area contributed by atoms with Gasteiger partial charge in [-0.15, -0.1) is 0 Å². The monoisotopic (exact) mass is 347 g/mol. The third-order valence-corrected chi connectivity index (χ3v) is 3.52. The molecule has 2 N–H and O–H groups in total. The molecule has 0 aromatic heterocycles. The topological polar surface area (TPSA) is 78.6 Å². The number of primary amides is 1. The molecule has 126 valence electrons. The minimum atomic E-state index is -1.31. The van der Waals surface area contributed by atoms with Crippen LogP contribution < -0.4 is 10.5 Å². The zero-order valence-corrected chi connectivity index (χ0v) is 14.1. The second-order valence-electron chi connectivity index (χ2n) is 5.66. The molecular formula is C18H18ClNO4. The van der Waals surface area contributed by atoms with Crippen molar-refractivity contribution in [2.24, 2.45) is 5.73 Å². The van der Waals surface area contributed by atoms with Gasteiger partial charge in [0.25, 0.3) is 5.91 Å². The maximum absolute atomic E-state index is 12.4. The van der Waals surface area contributed by atoms with E-state index < -0.39 is 23.6 Å². The number of benzene rings is 2. The Labute approximate surface area is 145 Å². The third kappa shape index (κ3) is 4.49. The molecular weight excluding hydrogens is 330 g/mol. The van der Waals surface area contributed by atoms with Gasteiger partial charge in [-0.3, -0.25) is 4.79 Å². The Hall–Kier alpha value is -2.53. The van der Waals surface area contributed by atoms with Crippen LogP contribution in [0, 0.1) is 0 Å². The van der Waals surface area contributed by atoms with Gasteiger partial charge in [-0.2, -0.15) is 0 Å². The molecule has 0 saturated carbocycles. The molecule has 0 saturated heterocycles. The molecule has 2 aromatic carbocycles. The fraction of sp³-hybridized carbons (Fsp3) is 0.222. The molecule has 2 rings (SSSR count). The highest BCUT2D eigenvalue weighted by molar-refractivity contribution is 6.30.